The second-order valence-corrected chi connectivity index (χ2v) is 6.76. The maximum absolute atomic E-state index is 12.9. The SMILES string of the molecule is CN1CCC(C)(C(=O)N2CCN(C)C(CCO)C2)CC1. The highest BCUT2D eigenvalue weighted by Gasteiger charge is 2.40. The minimum Gasteiger partial charge on any atom is -0.396 e. The molecule has 1 amide bonds. The minimum absolute atomic E-state index is 0.188. The van der Waals surface area contributed by atoms with E-state index in [4.69, 9.17) is 5.11 Å². The predicted octanol–water partition coefficient (Wildman–Crippen LogP) is 0.243. The van der Waals surface area contributed by atoms with Crippen molar-refractivity contribution in [2.45, 2.75) is 32.2 Å². The first kappa shape index (κ1) is 15.7. The highest BCUT2D eigenvalue weighted by molar-refractivity contribution is 5.82. The first-order chi connectivity index (χ1) is 9.46. The largest absolute Gasteiger partial charge is 0.396 e. The van der Waals surface area contributed by atoms with Crippen LogP contribution in [0.15, 0.2) is 0 Å². The number of amides is 1. The van der Waals surface area contributed by atoms with Gasteiger partial charge in [0.1, 0.15) is 0 Å². The molecule has 0 aliphatic carbocycles. The molecule has 0 saturated carbocycles. The van der Waals surface area contributed by atoms with Gasteiger partial charge in [-0.3, -0.25) is 9.69 Å². The van der Waals surface area contributed by atoms with Gasteiger partial charge in [-0.2, -0.15) is 0 Å². The van der Waals surface area contributed by atoms with Crippen molar-refractivity contribution in [1.29, 1.82) is 0 Å². The zero-order chi connectivity index (χ0) is 14.8. The standard InChI is InChI=1S/C15H29N3O2/c1-15(5-7-16(2)8-6-15)14(20)18-10-9-17(3)13(12-18)4-11-19/h13,19H,4-12H2,1-3H3. The maximum Gasteiger partial charge on any atom is 0.228 e. The normalized spacial score (nSPS) is 28.6. The van der Waals surface area contributed by atoms with Crippen LogP contribution in [0, 0.1) is 5.41 Å². The molecule has 116 valence electrons. The molecule has 1 atom stereocenters. The summed E-state index contributed by atoms with van der Waals surface area (Å²) >= 11 is 0. The number of likely N-dealkylation sites (N-methyl/N-ethyl adjacent to an activating group) is 1. The Bertz CT molecular complexity index is 340. The molecule has 0 bridgehead atoms. The van der Waals surface area contributed by atoms with Crippen LogP contribution in [0.3, 0.4) is 0 Å². The van der Waals surface area contributed by atoms with E-state index in [0.717, 1.165) is 52.0 Å². The fraction of sp³-hybridized carbons (Fsp3) is 0.933. The minimum atomic E-state index is -0.188. The third-order valence-electron chi connectivity index (χ3n) is 5.13. The summed E-state index contributed by atoms with van der Waals surface area (Å²) in [5.74, 6) is 0.321. The number of piperidine rings is 1. The molecule has 2 saturated heterocycles. The molecule has 1 unspecified atom stereocenters. The van der Waals surface area contributed by atoms with Crippen molar-refractivity contribution < 1.29 is 9.90 Å². The smallest absolute Gasteiger partial charge is 0.228 e. The molecule has 0 aromatic heterocycles. The summed E-state index contributed by atoms with van der Waals surface area (Å²) in [5, 5.41) is 9.15. The molecule has 2 heterocycles. The monoisotopic (exact) mass is 283 g/mol. The number of hydrogen-bond acceptors (Lipinski definition) is 4. The van der Waals surface area contributed by atoms with Gasteiger partial charge in [0.05, 0.1) is 0 Å². The zero-order valence-electron chi connectivity index (χ0n) is 13.1. The van der Waals surface area contributed by atoms with Crippen molar-refractivity contribution >= 4 is 5.91 Å². The van der Waals surface area contributed by atoms with Gasteiger partial charge >= 0.3 is 0 Å². The summed E-state index contributed by atoms with van der Waals surface area (Å²) in [4.78, 5) is 19.5. The van der Waals surface area contributed by atoms with Crippen LogP contribution in [0.4, 0.5) is 0 Å². The lowest BCUT2D eigenvalue weighted by Gasteiger charge is -2.45. The topological polar surface area (TPSA) is 47.0 Å². The maximum atomic E-state index is 12.9. The Hall–Kier alpha value is -0.650. The molecule has 0 aromatic carbocycles. The summed E-state index contributed by atoms with van der Waals surface area (Å²) in [6.45, 7) is 6.84. The second-order valence-electron chi connectivity index (χ2n) is 6.76. The molecule has 2 aliphatic heterocycles. The van der Waals surface area contributed by atoms with Crippen LogP contribution >= 0.6 is 0 Å². The lowest BCUT2D eigenvalue weighted by atomic mass is 9.79. The van der Waals surface area contributed by atoms with Gasteiger partial charge in [-0.05, 0) is 46.4 Å². The molecule has 1 N–H and O–H groups in total. The molecule has 0 radical (unpaired) electrons. The van der Waals surface area contributed by atoms with Gasteiger partial charge in [0.25, 0.3) is 0 Å². The van der Waals surface area contributed by atoms with E-state index in [2.05, 4.69) is 30.8 Å². The van der Waals surface area contributed by atoms with Crippen molar-refractivity contribution in [3.8, 4) is 0 Å². The van der Waals surface area contributed by atoms with Gasteiger partial charge in [-0.25, -0.2) is 0 Å². The average molecular weight is 283 g/mol. The van der Waals surface area contributed by atoms with Gasteiger partial charge in [0.15, 0.2) is 0 Å². The van der Waals surface area contributed by atoms with E-state index >= 15 is 0 Å². The van der Waals surface area contributed by atoms with Crippen molar-refractivity contribution in [1.82, 2.24) is 14.7 Å². The van der Waals surface area contributed by atoms with Crippen LogP contribution < -0.4 is 0 Å². The third-order valence-corrected chi connectivity index (χ3v) is 5.13. The number of rotatable bonds is 3. The van der Waals surface area contributed by atoms with Crippen LogP contribution in [-0.4, -0.2) is 85.2 Å². The van der Waals surface area contributed by atoms with E-state index in [-0.39, 0.29) is 12.0 Å². The quantitative estimate of drug-likeness (QED) is 0.806. The number of carbonyl (C=O) groups is 1. The van der Waals surface area contributed by atoms with Crippen LogP contribution in [0.5, 0.6) is 0 Å². The molecule has 20 heavy (non-hydrogen) atoms. The van der Waals surface area contributed by atoms with E-state index in [1.54, 1.807) is 0 Å². The molecule has 5 heteroatoms. The molecular formula is C15H29N3O2. The Morgan fingerprint density at radius 3 is 2.45 bits per heavy atom. The van der Waals surface area contributed by atoms with E-state index in [0.29, 0.717) is 11.9 Å². The molecule has 0 aromatic rings. The van der Waals surface area contributed by atoms with E-state index < -0.39 is 0 Å². The highest BCUT2D eigenvalue weighted by atomic mass is 16.3. The lowest BCUT2D eigenvalue weighted by molar-refractivity contribution is -0.146. The Labute approximate surface area is 122 Å². The Balaban J connectivity index is 1.98. The predicted molar refractivity (Wildman–Crippen MR) is 79.5 cm³/mol. The first-order valence-corrected chi connectivity index (χ1v) is 7.75. The molecule has 2 fully saturated rings. The number of nitrogens with zero attached hydrogens (tertiary/aromatic N) is 3. The highest BCUT2D eigenvalue weighted by Crippen LogP contribution is 2.33. The average Bonchev–Trinajstić information content (AvgIpc) is 2.44. The third kappa shape index (κ3) is 3.32. The van der Waals surface area contributed by atoms with E-state index in [1.165, 1.54) is 0 Å². The van der Waals surface area contributed by atoms with E-state index in [9.17, 15) is 4.79 Å². The molecule has 2 rings (SSSR count). The first-order valence-electron chi connectivity index (χ1n) is 7.75. The van der Waals surface area contributed by atoms with Crippen molar-refractivity contribution in [3.63, 3.8) is 0 Å². The van der Waals surface area contributed by atoms with Gasteiger partial charge < -0.3 is 14.9 Å². The van der Waals surface area contributed by atoms with Crippen LogP contribution in [0.2, 0.25) is 0 Å². The molecule has 0 spiro atoms. The van der Waals surface area contributed by atoms with Gasteiger partial charge in [-0.15, -0.1) is 0 Å². The zero-order valence-corrected chi connectivity index (χ0v) is 13.1. The Morgan fingerprint density at radius 2 is 1.85 bits per heavy atom. The van der Waals surface area contributed by atoms with Crippen molar-refractivity contribution in [2.75, 3.05) is 53.4 Å². The number of aliphatic hydroxyl groups is 1. The van der Waals surface area contributed by atoms with Crippen molar-refractivity contribution in [3.05, 3.63) is 0 Å². The number of aliphatic hydroxyl groups excluding tert-OH is 1. The number of likely N-dealkylation sites (tertiary alicyclic amines) is 1. The lowest BCUT2D eigenvalue weighted by Crippen LogP contribution is -2.57. The molecule has 5 nitrogen and oxygen atoms in total. The number of hydrogen-bond donors (Lipinski definition) is 1. The van der Waals surface area contributed by atoms with Crippen LogP contribution in [0.25, 0.3) is 0 Å². The van der Waals surface area contributed by atoms with Gasteiger partial charge in [-0.1, -0.05) is 6.92 Å². The summed E-state index contributed by atoms with van der Waals surface area (Å²) in [5.41, 5.74) is -0.188. The Kier molecular flexibility index (Phi) is 5.04. The summed E-state index contributed by atoms with van der Waals surface area (Å²) in [6.07, 6.45) is 2.67. The van der Waals surface area contributed by atoms with E-state index in [1.807, 2.05) is 4.90 Å². The number of piperazine rings is 1. The fourth-order valence-corrected chi connectivity index (χ4v) is 3.30. The summed E-state index contributed by atoms with van der Waals surface area (Å²) < 4.78 is 0. The molecular weight excluding hydrogens is 254 g/mol. The van der Waals surface area contributed by atoms with Crippen LogP contribution in [-0.2, 0) is 4.79 Å². The molecule has 2 aliphatic rings. The van der Waals surface area contributed by atoms with Gasteiger partial charge in [0, 0.05) is 37.7 Å². The summed E-state index contributed by atoms with van der Waals surface area (Å²) in [7, 11) is 4.20. The fourth-order valence-electron chi connectivity index (χ4n) is 3.30. The van der Waals surface area contributed by atoms with Crippen molar-refractivity contribution in [2.24, 2.45) is 5.41 Å². The second kappa shape index (κ2) is 6.41. The summed E-state index contributed by atoms with van der Waals surface area (Å²) in [6, 6.07) is 0.299. The Morgan fingerprint density at radius 1 is 1.20 bits per heavy atom. The van der Waals surface area contributed by atoms with Crippen LogP contribution in [0.1, 0.15) is 26.2 Å². The number of carbonyl (C=O) groups excluding carboxylic acids is 1. The van der Waals surface area contributed by atoms with Gasteiger partial charge in [0.2, 0.25) is 5.91 Å².